The van der Waals surface area contributed by atoms with Crippen molar-refractivity contribution < 1.29 is 47.5 Å². The number of aliphatic carboxylic acids is 1. The van der Waals surface area contributed by atoms with Crippen molar-refractivity contribution in [3.05, 3.63) is 24.3 Å². The number of carbonyl (C=O) groups excluding carboxylic acids is 2. The Morgan fingerprint density at radius 3 is 1.82 bits per heavy atom. The van der Waals surface area contributed by atoms with Crippen molar-refractivity contribution in [2.24, 2.45) is 5.73 Å². The van der Waals surface area contributed by atoms with Gasteiger partial charge in [-0.15, -0.1) is 0 Å². The van der Waals surface area contributed by atoms with E-state index in [-0.39, 0.29) is 19.4 Å². The van der Waals surface area contributed by atoms with Crippen LogP contribution < -0.4 is 5.73 Å². The number of carboxylic acid groups (broad SMARTS) is 1. The maximum absolute atomic E-state index is 12.4. The van der Waals surface area contributed by atoms with Gasteiger partial charge in [0.05, 0.1) is 13.2 Å². The fraction of sp³-hybridized carbons (Fsp3) is 0.781. The molecule has 3 atom stereocenters. The molecule has 3 unspecified atom stereocenters. The maximum Gasteiger partial charge on any atom is 0.472 e. The second-order valence-electron chi connectivity index (χ2n) is 10.9. The van der Waals surface area contributed by atoms with Crippen molar-refractivity contribution in [1.82, 2.24) is 0 Å². The summed E-state index contributed by atoms with van der Waals surface area (Å²) < 4.78 is 32.0. The average Bonchev–Trinajstić information content (AvgIpc) is 2.99. The van der Waals surface area contributed by atoms with Gasteiger partial charge in [0, 0.05) is 12.8 Å². The second kappa shape index (κ2) is 28.4. The zero-order chi connectivity index (χ0) is 32.9. The van der Waals surface area contributed by atoms with E-state index in [0.717, 1.165) is 44.9 Å². The fourth-order valence-electron chi connectivity index (χ4n) is 4.01. The topological polar surface area (TPSA) is 172 Å². The quantitative estimate of drug-likeness (QED) is 0.0312. The van der Waals surface area contributed by atoms with E-state index in [4.69, 9.17) is 24.8 Å². The molecule has 4 N–H and O–H groups in total. The molecule has 0 aromatic carbocycles. The summed E-state index contributed by atoms with van der Waals surface area (Å²) >= 11 is 0. The van der Waals surface area contributed by atoms with Gasteiger partial charge in [-0.2, -0.15) is 0 Å². The Kier molecular flexibility index (Phi) is 27.1. The number of hydrogen-bond acceptors (Lipinski definition) is 9. The van der Waals surface area contributed by atoms with Crippen LogP contribution in [0, 0.1) is 0 Å². The highest BCUT2D eigenvalue weighted by molar-refractivity contribution is 7.47. The summed E-state index contributed by atoms with van der Waals surface area (Å²) in [6.07, 6.45) is 25.3. The number of rotatable bonds is 30. The normalized spacial score (nSPS) is 14.5. The van der Waals surface area contributed by atoms with Crippen LogP contribution in [0.15, 0.2) is 24.3 Å². The molecule has 0 aliphatic rings. The number of phosphoric acid groups is 1. The molecule has 0 bridgehead atoms. The summed E-state index contributed by atoms with van der Waals surface area (Å²) in [6.45, 7) is 2.46. The molecule has 0 saturated heterocycles. The van der Waals surface area contributed by atoms with E-state index in [2.05, 4.69) is 35.8 Å². The van der Waals surface area contributed by atoms with Crippen LogP contribution >= 0.6 is 7.82 Å². The highest BCUT2D eigenvalue weighted by Gasteiger charge is 2.28. The number of ether oxygens (including phenoxy) is 2. The molecule has 0 aliphatic heterocycles. The third-order valence-electron chi connectivity index (χ3n) is 6.70. The van der Waals surface area contributed by atoms with E-state index in [1.54, 1.807) is 0 Å². The molecule has 0 fully saturated rings. The number of phosphoric ester groups is 1. The van der Waals surface area contributed by atoms with Crippen LogP contribution in [0.4, 0.5) is 0 Å². The summed E-state index contributed by atoms with van der Waals surface area (Å²) in [4.78, 5) is 44.8. The number of nitrogens with two attached hydrogens (primary N) is 1. The molecular weight excluding hydrogens is 589 g/mol. The van der Waals surface area contributed by atoms with Crippen molar-refractivity contribution in [3.8, 4) is 0 Å². The van der Waals surface area contributed by atoms with E-state index >= 15 is 0 Å². The molecule has 44 heavy (non-hydrogen) atoms. The average molecular weight is 648 g/mol. The van der Waals surface area contributed by atoms with Gasteiger partial charge in [-0.3, -0.25) is 23.4 Å². The number of hydrogen-bond donors (Lipinski definition) is 3. The Morgan fingerprint density at radius 2 is 1.23 bits per heavy atom. The molecule has 11 nitrogen and oxygen atoms in total. The SMILES string of the molecule is CCCCCC/C=C\C/C=C\CCCCCCCCCC(=O)OC(COC(=O)CCCC)COP(=O)(O)OCC(N)C(=O)O. The maximum atomic E-state index is 12.4. The van der Waals surface area contributed by atoms with Crippen LogP contribution in [0.25, 0.3) is 0 Å². The first kappa shape index (κ1) is 42.0. The summed E-state index contributed by atoms with van der Waals surface area (Å²) in [7, 11) is -4.69. The van der Waals surface area contributed by atoms with Crippen molar-refractivity contribution in [2.75, 3.05) is 19.8 Å². The monoisotopic (exact) mass is 647 g/mol. The van der Waals surface area contributed by atoms with Crippen molar-refractivity contribution in [2.45, 2.75) is 142 Å². The molecule has 0 aromatic heterocycles. The predicted octanol–water partition coefficient (Wildman–Crippen LogP) is 7.16. The Hall–Kier alpha value is -2.04. The van der Waals surface area contributed by atoms with Gasteiger partial charge >= 0.3 is 25.7 Å². The lowest BCUT2D eigenvalue weighted by atomic mass is 10.1. The molecule has 256 valence electrons. The predicted molar refractivity (Wildman–Crippen MR) is 171 cm³/mol. The lowest BCUT2D eigenvalue weighted by molar-refractivity contribution is -0.161. The van der Waals surface area contributed by atoms with E-state index in [9.17, 15) is 23.8 Å². The zero-order valence-electron chi connectivity index (χ0n) is 27.0. The van der Waals surface area contributed by atoms with Crippen molar-refractivity contribution >= 4 is 25.7 Å². The molecule has 0 amide bonds. The molecule has 0 aliphatic carbocycles. The summed E-state index contributed by atoms with van der Waals surface area (Å²) in [5, 5.41) is 8.77. The molecule has 0 spiro atoms. The van der Waals surface area contributed by atoms with Gasteiger partial charge in [0.15, 0.2) is 6.10 Å². The molecule has 12 heteroatoms. The molecule has 0 saturated carbocycles. The van der Waals surface area contributed by atoms with Crippen molar-refractivity contribution in [3.63, 3.8) is 0 Å². The largest absolute Gasteiger partial charge is 0.480 e. The Morgan fingerprint density at radius 1 is 0.705 bits per heavy atom. The van der Waals surface area contributed by atoms with Gasteiger partial charge in [-0.25, -0.2) is 4.57 Å². The molecule has 0 heterocycles. The second-order valence-corrected chi connectivity index (χ2v) is 12.4. The number of carbonyl (C=O) groups is 3. The smallest absolute Gasteiger partial charge is 0.472 e. The van der Waals surface area contributed by atoms with Crippen molar-refractivity contribution in [1.29, 1.82) is 0 Å². The van der Waals surface area contributed by atoms with Gasteiger partial charge in [0.2, 0.25) is 0 Å². The number of esters is 2. The fourth-order valence-corrected chi connectivity index (χ4v) is 4.79. The molecular formula is C32H58NO10P. The first-order chi connectivity index (χ1) is 21.1. The van der Waals surface area contributed by atoms with Crippen LogP contribution in [0.5, 0.6) is 0 Å². The van der Waals surface area contributed by atoms with Gasteiger partial charge in [0.25, 0.3) is 0 Å². The molecule has 0 aromatic rings. The van der Waals surface area contributed by atoms with Crippen LogP contribution in [0.3, 0.4) is 0 Å². The van der Waals surface area contributed by atoms with E-state index in [1.807, 2.05) is 6.92 Å². The highest BCUT2D eigenvalue weighted by Crippen LogP contribution is 2.43. The minimum atomic E-state index is -4.69. The van der Waals surface area contributed by atoms with Gasteiger partial charge in [-0.1, -0.05) is 95.9 Å². The Bertz CT molecular complexity index is 864. The summed E-state index contributed by atoms with van der Waals surface area (Å²) in [6, 6.07) is -1.52. The third kappa shape index (κ3) is 27.5. The van der Waals surface area contributed by atoms with Crippen LogP contribution in [0.1, 0.15) is 129 Å². The van der Waals surface area contributed by atoms with Crippen LogP contribution in [0.2, 0.25) is 0 Å². The van der Waals surface area contributed by atoms with Gasteiger partial charge in [0.1, 0.15) is 12.6 Å². The van der Waals surface area contributed by atoms with Gasteiger partial charge in [-0.05, 0) is 44.9 Å². The Balaban J connectivity index is 4.21. The summed E-state index contributed by atoms with van der Waals surface area (Å²) in [5.41, 5.74) is 5.26. The number of carboxylic acids is 1. The van der Waals surface area contributed by atoms with E-state index in [1.165, 1.54) is 44.9 Å². The van der Waals surface area contributed by atoms with Gasteiger partial charge < -0.3 is 25.2 Å². The summed E-state index contributed by atoms with van der Waals surface area (Å²) in [5.74, 6) is -2.44. The molecule has 0 radical (unpaired) electrons. The standard InChI is InChI=1S/C32H58NO10P/c1-3-5-7-8-9-10-11-12-13-14-15-16-17-18-19-20-21-22-24-31(35)43-28(25-40-30(34)23-6-4-2)26-41-44(38,39)42-27-29(33)32(36)37/h10-11,13-14,28-29H,3-9,12,15-27,33H2,1-2H3,(H,36,37)(H,38,39)/b11-10-,14-13-. The van der Waals surface area contributed by atoms with E-state index in [0.29, 0.717) is 12.8 Å². The Labute approximate surface area is 264 Å². The first-order valence-electron chi connectivity index (χ1n) is 16.4. The zero-order valence-corrected chi connectivity index (χ0v) is 27.9. The van der Waals surface area contributed by atoms with Crippen LogP contribution in [-0.2, 0) is 37.5 Å². The molecule has 0 rings (SSSR count). The lowest BCUT2D eigenvalue weighted by Crippen LogP contribution is -2.34. The van der Waals surface area contributed by atoms with E-state index < -0.39 is 51.1 Å². The third-order valence-corrected chi connectivity index (χ3v) is 7.65. The number of unbranched alkanes of at least 4 members (excludes halogenated alkanes) is 12. The highest BCUT2D eigenvalue weighted by atomic mass is 31.2. The lowest BCUT2D eigenvalue weighted by Gasteiger charge is -2.20. The minimum Gasteiger partial charge on any atom is -0.480 e. The van der Waals surface area contributed by atoms with Crippen LogP contribution in [-0.4, -0.2) is 59.9 Å². The first-order valence-corrected chi connectivity index (χ1v) is 17.9. The minimum absolute atomic E-state index is 0.152. The number of allylic oxidation sites excluding steroid dienone is 4.